The Morgan fingerprint density at radius 3 is 2.33 bits per heavy atom. The zero-order valence-corrected chi connectivity index (χ0v) is 15.5. The molecule has 27 heavy (non-hydrogen) atoms. The van der Waals surface area contributed by atoms with Crippen LogP contribution in [0.25, 0.3) is 0 Å². The van der Waals surface area contributed by atoms with Gasteiger partial charge in [-0.3, -0.25) is 4.79 Å². The van der Waals surface area contributed by atoms with Crippen LogP contribution in [-0.2, 0) is 9.84 Å². The van der Waals surface area contributed by atoms with E-state index in [4.69, 9.17) is 16.0 Å². The largest absolute Gasteiger partial charge is 0.468 e. The van der Waals surface area contributed by atoms with Gasteiger partial charge in [0.15, 0.2) is 9.84 Å². The number of amides is 1. The van der Waals surface area contributed by atoms with Gasteiger partial charge in [0, 0.05) is 17.1 Å². The lowest BCUT2D eigenvalue weighted by Crippen LogP contribution is -2.31. The summed E-state index contributed by atoms with van der Waals surface area (Å²) in [6.07, 6.45) is 1.35. The van der Waals surface area contributed by atoms with Crippen molar-refractivity contribution in [3.63, 3.8) is 0 Å². The summed E-state index contributed by atoms with van der Waals surface area (Å²) >= 11 is 5.80. The van der Waals surface area contributed by atoms with Crippen LogP contribution in [0.4, 0.5) is 4.39 Å². The van der Waals surface area contributed by atoms with Crippen molar-refractivity contribution < 1.29 is 22.0 Å². The van der Waals surface area contributed by atoms with Crippen LogP contribution in [0.2, 0.25) is 5.02 Å². The number of halogens is 2. The lowest BCUT2D eigenvalue weighted by atomic mass is 10.2. The van der Waals surface area contributed by atoms with Crippen molar-refractivity contribution in [1.82, 2.24) is 5.32 Å². The van der Waals surface area contributed by atoms with E-state index in [0.717, 1.165) is 12.1 Å². The summed E-state index contributed by atoms with van der Waals surface area (Å²) in [7, 11) is -3.92. The highest BCUT2D eigenvalue weighted by atomic mass is 35.5. The predicted octanol–water partition coefficient (Wildman–Crippen LogP) is 4.02. The maximum absolute atomic E-state index is 13.1. The third-order valence-corrected chi connectivity index (χ3v) is 6.26. The van der Waals surface area contributed by atoms with Crippen molar-refractivity contribution in [2.45, 2.75) is 10.1 Å². The molecule has 3 aromatic rings. The van der Waals surface area contributed by atoms with Gasteiger partial charge in [-0.1, -0.05) is 11.6 Å². The maximum Gasteiger partial charge on any atom is 0.251 e. The Morgan fingerprint density at radius 1 is 1.07 bits per heavy atom. The van der Waals surface area contributed by atoms with Crippen LogP contribution in [0.5, 0.6) is 0 Å². The molecular formula is C19H15ClFNO4S. The Bertz CT molecular complexity index is 1020. The fourth-order valence-corrected chi connectivity index (χ4v) is 4.23. The fourth-order valence-electron chi connectivity index (χ4n) is 2.51. The van der Waals surface area contributed by atoms with Gasteiger partial charge in [0.05, 0.1) is 11.2 Å². The van der Waals surface area contributed by atoms with Crippen LogP contribution in [-0.4, -0.2) is 20.9 Å². The normalized spacial score (nSPS) is 12.5. The molecular weight excluding hydrogens is 393 g/mol. The van der Waals surface area contributed by atoms with E-state index in [1.165, 1.54) is 36.6 Å². The summed E-state index contributed by atoms with van der Waals surface area (Å²) in [4.78, 5) is 12.2. The van der Waals surface area contributed by atoms with E-state index in [-0.39, 0.29) is 17.2 Å². The van der Waals surface area contributed by atoms with Gasteiger partial charge in [-0.05, 0) is 60.7 Å². The second kappa shape index (κ2) is 7.94. The molecule has 2 aromatic carbocycles. The van der Waals surface area contributed by atoms with Gasteiger partial charge in [-0.25, -0.2) is 12.8 Å². The van der Waals surface area contributed by atoms with E-state index in [1.807, 2.05) is 0 Å². The highest BCUT2D eigenvalue weighted by molar-refractivity contribution is 7.91. The van der Waals surface area contributed by atoms with Crippen molar-refractivity contribution in [3.8, 4) is 0 Å². The summed E-state index contributed by atoms with van der Waals surface area (Å²) in [6, 6.07) is 13.8. The van der Waals surface area contributed by atoms with Gasteiger partial charge < -0.3 is 9.73 Å². The first-order valence-corrected chi connectivity index (χ1v) is 9.87. The van der Waals surface area contributed by atoms with Crippen molar-refractivity contribution in [2.75, 3.05) is 6.54 Å². The summed E-state index contributed by atoms with van der Waals surface area (Å²) < 4.78 is 44.4. The molecule has 0 saturated heterocycles. The molecule has 0 spiro atoms. The molecule has 0 aliphatic heterocycles. The first-order valence-electron chi connectivity index (χ1n) is 7.94. The number of furan rings is 1. The Balaban J connectivity index is 1.85. The molecule has 1 N–H and O–H groups in total. The average molecular weight is 408 g/mol. The first-order chi connectivity index (χ1) is 12.9. The fraction of sp³-hybridized carbons (Fsp3) is 0.105. The number of hydrogen-bond acceptors (Lipinski definition) is 4. The zero-order chi connectivity index (χ0) is 19.4. The molecule has 0 aliphatic rings. The second-order valence-corrected chi connectivity index (χ2v) is 8.29. The SMILES string of the molecule is O=C(NC[C@@H](c1ccco1)S(=O)(=O)c1ccc(F)cc1)c1ccc(Cl)cc1. The van der Waals surface area contributed by atoms with Crippen LogP contribution >= 0.6 is 11.6 Å². The molecule has 140 valence electrons. The van der Waals surface area contributed by atoms with Gasteiger partial charge in [-0.2, -0.15) is 0 Å². The number of carbonyl (C=O) groups is 1. The molecule has 8 heteroatoms. The van der Waals surface area contributed by atoms with E-state index in [0.29, 0.717) is 10.6 Å². The Labute approximate surface area is 160 Å². The Morgan fingerprint density at radius 2 is 1.74 bits per heavy atom. The lowest BCUT2D eigenvalue weighted by molar-refractivity contribution is 0.0953. The van der Waals surface area contributed by atoms with Crippen molar-refractivity contribution >= 4 is 27.3 Å². The third kappa shape index (κ3) is 4.37. The minimum Gasteiger partial charge on any atom is -0.468 e. The van der Waals surface area contributed by atoms with Crippen molar-refractivity contribution in [3.05, 3.63) is 89.1 Å². The van der Waals surface area contributed by atoms with Crippen molar-refractivity contribution in [1.29, 1.82) is 0 Å². The number of sulfone groups is 1. The first kappa shape index (κ1) is 19.1. The molecule has 1 heterocycles. The second-order valence-electron chi connectivity index (χ2n) is 5.72. The van der Waals surface area contributed by atoms with Gasteiger partial charge in [0.2, 0.25) is 0 Å². The number of nitrogens with one attached hydrogen (secondary N) is 1. The van der Waals surface area contributed by atoms with Gasteiger partial charge in [0.1, 0.15) is 16.8 Å². The van der Waals surface area contributed by atoms with Crippen LogP contribution in [0, 0.1) is 5.82 Å². The minimum absolute atomic E-state index is 0.0639. The molecule has 1 aromatic heterocycles. The predicted molar refractivity (Wildman–Crippen MR) is 98.8 cm³/mol. The maximum atomic E-state index is 13.1. The molecule has 5 nitrogen and oxygen atoms in total. The standard InChI is InChI=1S/C19H15ClFNO4S/c20-14-5-3-13(4-6-14)19(23)22-12-18(17-2-1-11-26-17)27(24,25)16-9-7-15(21)8-10-16/h1-11,18H,12H2,(H,22,23)/t18-/m0/s1. The van der Waals surface area contributed by atoms with Gasteiger partial charge in [0.25, 0.3) is 5.91 Å². The van der Waals surface area contributed by atoms with Crippen LogP contribution in [0.3, 0.4) is 0 Å². The number of benzene rings is 2. The third-order valence-electron chi connectivity index (χ3n) is 3.93. The molecule has 0 aliphatic carbocycles. The van der Waals surface area contributed by atoms with E-state index in [2.05, 4.69) is 5.32 Å². The van der Waals surface area contributed by atoms with Gasteiger partial charge in [-0.15, -0.1) is 0 Å². The molecule has 1 atom stereocenters. The molecule has 0 unspecified atom stereocenters. The molecule has 0 saturated carbocycles. The number of carbonyl (C=O) groups excluding carboxylic acids is 1. The molecule has 1 amide bonds. The van der Waals surface area contributed by atoms with Crippen LogP contribution in [0.1, 0.15) is 21.4 Å². The number of hydrogen-bond donors (Lipinski definition) is 1. The van der Waals surface area contributed by atoms with Gasteiger partial charge >= 0.3 is 0 Å². The van der Waals surface area contributed by atoms with E-state index < -0.39 is 26.8 Å². The van der Waals surface area contributed by atoms with E-state index >= 15 is 0 Å². The zero-order valence-electron chi connectivity index (χ0n) is 13.9. The molecule has 0 bridgehead atoms. The molecule has 3 rings (SSSR count). The van der Waals surface area contributed by atoms with Crippen molar-refractivity contribution in [2.24, 2.45) is 0 Å². The summed E-state index contributed by atoms with van der Waals surface area (Å²) in [5, 5.41) is 1.93. The topological polar surface area (TPSA) is 76.4 Å². The van der Waals surface area contributed by atoms with E-state index in [9.17, 15) is 17.6 Å². The quantitative estimate of drug-likeness (QED) is 0.626. The smallest absolute Gasteiger partial charge is 0.251 e. The average Bonchev–Trinajstić information content (AvgIpc) is 3.16. The summed E-state index contributed by atoms with van der Waals surface area (Å²) in [6.45, 7) is -0.214. The summed E-state index contributed by atoms with van der Waals surface area (Å²) in [5.41, 5.74) is 0.344. The monoisotopic (exact) mass is 407 g/mol. The van der Waals surface area contributed by atoms with Crippen LogP contribution in [0.15, 0.2) is 76.2 Å². The lowest BCUT2D eigenvalue weighted by Gasteiger charge is -2.17. The summed E-state index contributed by atoms with van der Waals surface area (Å²) in [5.74, 6) is -0.812. The Kier molecular flexibility index (Phi) is 5.62. The molecule has 0 fully saturated rings. The highest BCUT2D eigenvalue weighted by Gasteiger charge is 2.32. The van der Waals surface area contributed by atoms with Crippen LogP contribution < -0.4 is 5.32 Å². The number of rotatable bonds is 6. The van der Waals surface area contributed by atoms with E-state index in [1.54, 1.807) is 18.2 Å². The molecule has 0 radical (unpaired) electrons. The highest BCUT2D eigenvalue weighted by Crippen LogP contribution is 2.29. The Hall–Kier alpha value is -2.64. The minimum atomic E-state index is -3.92.